The zero-order chi connectivity index (χ0) is 66.2. The molecule has 93 heavy (non-hydrogen) atoms. The standard InChI is InChI=1S/C73H68F6N4O8S2/c1-67(2)53-17-9-11-19-57(53)80(63(67)35-25-47-41-49(82(86)87)27-33-59(47)84)37-13-7-15-39-90-51-29-21-45(22-30-51)61-43-55-65-66(72(76,77)73(78,79)71(65,74)75)56-44-62(93-70(56,6)69(55,5)92-61)46-23-31-52(32-24-46)91-40-16-8-14-38-81-58-20-12-10-18-54(58)68(3,4)64(81)36-26-48-42-50(83(88)89)28-34-60(48)85/h9-12,17-36,41-44,86-87H,7-8,13-16,37-40H2,1-6H3/q+2/t69-,70-/m0/s1. The molecule has 4 aromatic rings. The van der Waals surface area contributed by atoms with Crippen LogP contribution in [-0.4, -0.2) is 95.4 Å². The van der Waals surface area contributed by atoms with Gasteiger partial charge in [-0.25, -0.2) is 0 Å². The molecular weight excluding hydrogens is 1240 g/mol. The minimum absolute atomic E-state index is 0.0299. The molecule has 0 radical (unpaired) electrons. The number of para-hydroxylation sites is 2. The third-order valence-electron chi connectivity index (χ3n) is 19.1. The highest BCUT2D eigenvalue weighted by atomic mass is 32.1. The average molecular weight is 1310 g/mol. The molecule has 0 bridgehead atoms. The highest BCUT2D eigenvalue weighted by molar-refractivity contribution is 7.86. The molecule has 4 aliphatic carbocycles. The van der Waals surface area contributed by atoms with Crippen molar-refractivity contribution < 1.29 is 60.7 Å². The van der Waals surface area contributed by atoms with Crippen molar-refractivity contribution in [1.29, 1.82) is 0 Å². The fourth-order valence-corrected chi connectivity index (χ4v) is 16.9. The first kappa shape index (κ1) is 64.5. The van der Waals surface area contributed by atoms with Crippen LogP contribution in [0.4, 0.5) is 37.7 Å². The van der Waals surface area contributed by atoms with Crippen LogP contribution >= 0.6 is 0 Å². The van der Waals surface area contributed by atoms with E-state index in [1.807, 2.05) is 36.4 Å². The average Bonchev–Trinajstić information content (AvgIpc) is 1.49. The number of carbonyl (C=O) groups excluding carboxylic acids is 2. The Balaban J connectivity index is 0.693. The number of nitro groups is 1. The molecule has 4 aliphatic heterocycles. The van der Waals surface area contributed by atoms with Crippen molar-refractivity contribution in [2.45, 2.75) is 118 Å². The Bertz CT molecular complexity index is 4240. The number of fused-ring (bicyclic) bond motifs is 7. The molecule has 0 amide bonds. The van der Waals surface area contributed by atoms with Gasteiger partial charge in [0.05, 0.1) is 23.8 Å². The van der Waals surface area contributed by atoms with Crippen molar-refractivity contribution in [3.8, 4) is 11.5 Å². The molecular formula is C73H68F6N4O8S2+2. The number of carbonyl (C=O) groups is 2. The summed E-state index contributed by atoms with van der Waals surface area (Å²) in [6.07, 6.45) is 22.1. The Labute approximate surface area is 542 Å². The Kier molecular flexibility index (Phi) is 16.7. The smallest absolute Gasteiger partial charge is 0.380 e. The summed E-state index contributed by atoms with van der Waals surface area (Å²) in [5.74, 6) is -15.6. The Morgan fingerprint density at radius 1 is 0.538 bits per heavy atom. The van der Waals surface area contributed by atoms with E-state index < -0.39 is 54.2 Å². The van der Waals surface area contributed by atoms with E-state index in [0.717, 1.165) is 59.6 Å². The maximum Gasteiger partial charge on any atom is 0.380 e. The third-order valence-corrected chi connectivity index (χ3v) is 22.4. The van der Waals surface area contributed by atoms with Crippen LogP contribution in [0.2, 0.25) is 0 Å². The van der Waals surface area contributed by atoms with Gasteiger partial charge in [-0.1, -0.05) is 64.1 Å². The number of unbranched alkanes of at least 4 members (excludes halogenated alkanes) is 4. The van der Waals surface area contributed by atoms with E-state index in [4.69, 9.17) is 9.47 Å². The van der Waals surface area contributed by atoms with Crippen LogP contribution in [-0.2, 0) is 43.1 Å². The number of hydrogen-bond donors (Lipinski definition) is 2. The number of nitrogens with zero attached hydrogens (tertiary/aromatic N) is 4. The highest BCUT2D eigenvalue weighted by Crippen LogP contribution is 2.69. The number of alkyl halides is 6. The van der Waals surface area contributed by atoms with E-state index in [1.165, 1.54) is 71.3 Å². The minimum Gasteiger partial charge on any atom is -0.494 e. The predicted octanol–water partition coefficient (Wildman–Crippen LogP) is 14.9. The second-order valence-corrected chi connectivity index (χ2v) is 28.4. The first-order valence-corrected chi connectivity index (χ1v) is 32.5. The molecule has 0 spiro atoms. The maximum atomic E-state index is 16.3. The molecule has 480 valence electrons. The molecule has 20 heteroatoms. The number of allylic oxidation sites excluding steroid dienone is 18. The monoisotopic (exact) mass is 1310 g/mol. The van der Waals surface area contributed by atoms with Crippen LogP contribution in [0.3, 0.4) is 0 Å². The largest absolute Gasteiger partial charge is 0.494 e. The van der Waals surface area contributed by atoms with Crippen LogP contribution in [0, 0.1) is 10.1 Å². The fourth-order valence-electron chi connectivity index (χ4n) is 13.8. The number of anilines is 2. The van der Waals surface area contributed by atoms with E-state index in [-0.39, 0.29) is 44.9 Å². The molecule has 0 saturated carbocycles. The first-order valence-electron chi connectivity index (χ1n) is 30.8. The molecule has 8 aliphatic rings. The van der Waals surface area contributed by atoms with Crippen LogP contribution in [0.1, 0.15) is 102 Å². The molecule has 0 saturated heterocycles. The zero-order valence-corrected chi connectivity index (χ0v) is 53.6. The summed E-state index contributed by atoms with van der Waals surface area (Å²) in [5.41, 5.74) is 3.84. The molecule has 0 aromatic heterocycles. The van der Waals surface area contributed by atoms with Crippen molar-refractivity contribution in [2.24, 2.45) is 0 Å². The summed E-state index contributed by atoms with van der Waals surface area (Å²) in [7, 11) is 0. The van der Waals surface area contributed by atoms with E-state index in [1.54, 1.807) is 74.5 Å². The van der Waals surface area contributed by atoms with Gasteiger partial charge in [0, 0.05) is 129 Å². The Morgan fingerprint density at radius 3 is 1.39 bits per heavy atom. The number of hydroxylamine groups is 2. The van der Waals surface area contributed by atoms with Gasteiger partial charge >= 0.3 is 17.8 Å². The maximum absolute atomic E-state index is 16.3. The molecule has 0 fully saturated rings. The number of hydrogen-bond acceptors (Lipinski definition) is 11. The number of ketones is 2. The van der Waals surface area contributed by atoms with Gasteiger partial charge in [0.1, 0.15) is 11.5 Å². The zero-order valence-electron chi connectivity index (χ0n) is 52.0. The van der Waals surface area contributed by atoms with Gasteiger partial charge < -0.3 is 19.3 Å². The van der Waals surface area contributed by atoms with Crippen LogP contribution in [0.15, 0.2) is 226 Å². The summed E-state index contributed by atoms with van der Waals surface area (Å²) in [6, 6.07) is 30.1. The third kappa shape index (κ3) is 11.0. The van der Waals surface area contributed by atoms with Crippen molar-refractivity contribution >= 4 is 55.4 Å². The van der Waals surface area contributed by atoms with Crippen molar-refractivity contribution in [2.75, 3.05) is 36.1 Å². The first-order chi connectivity index (χ1) is 44.1. The summed E-state index contributed by atoms with van der Waals surface area (Å²) in [4.78, 5) is 41.7. The van der Waals surface area contributed by atoms with E-state index in [9.17, 15) is 30.1 Å². The predicted molar refractivity (Wildman–Crippen MR) is 352 cm³/mol. The summed E-state index contributed by atoms with van der Waals surface area (Å²) < 4.78 is 106. The van der Waals surface area contributed by atoms with Gasteiger partial charge in [0.15, 0.2) is 11.6 Å². The lowest BCUT2D eigenvalue weighted by Crippen LogP contribution is -2.54. The highest BCUT2D eigenvalue weighted by Gasteiger charge is 2.87. The molecule has 4 heterocycles. The van der Waals surface area contributed by atoms with Gasteiger partial charge in [0.2, 0.25) is 32.4 Å². The summed E-state index contributed by atoms with van der Waals surface area (Å²) >= 11 is 2.38. The van der Waals surface area contributed by atoms with Gasteiger partial charge in [-0.15, -0.1) is 5.23 Å². The fraction of sp³-hybridized carbons (Fsp3) is 0.315. The van der Waals surface area contributed by atoms with E-state index >= 15 is 26.3 Å². The topological polar surface area (TPSA) is 146 Å². The summed E-state index contributed by atoms with van der Waals surface area (Å²) in [5, 5.41) is 30.5. The Morgan fingerprint density at radius 2 is 0.957 bits per heavy atom. The SMILES string of the molecule is CC1(C)C(=CC=C2C=C(N(O)O)C=CC2=O)N(CCCCCOc2ccc(C3=[S+][C@@]4(C)C(=C3)C3=C(C5=CC(c6ccc(OCCCCCN7C(=CC=C8C=C([N+](=O)[O-])C=CC8=O)C(C)(C)c8ccccc87)cc6)=[S+][C@@]54C)C(F)(F)C(F)(F)C3(F)F)cc2)c2ccccc21. The van der Waals surface area contributed by atoms with Gasteiger partial charge in [-0.3, -0.25) is 30.1 Å². The van der Waals surface area contributed by atoms with Crippen LogP contribution < -0.4 is 19.3 Å². The molecule has 12 nitrogen and oxygen atoms in total. The number of rotatable bonds is 20. The van der Waals surface area contributed by atoms with Gasteiger partial charge in [0.25, 0.3) is 15.2 Å². The lowest BCUT2D eigenvalue weighted by Gasteiger charge is -2.34. The Hall–Kier alpha value is -8.56. The van der Waals surface area contributed by atoms with Crippen LogP contribution in [0.25, 0.3) is 0 Å². The second kappa shape index (κ2) is 24.1. The summed E-state index contributed by atoms with van der Waals surface area (Å²) in [6.45, 7) is 13.9. The lowest BCUT2D eigenvalue weighted by molar-refractivity contribution is -0.419. The van der Waals surface area contributed by atoms with Crippen molar-refractivity contribution in [1.82, 2.24) is 5.23 Å². The quantitative estimate of drug-likeness (QED) is 0.0166. The number of benzene rings is 4. The van der Waals surface area contributed by atoms with Crippen molar-refractivity contribution in [3.63, 3.8) is 0 Å². The lowest BCUT2D eigenvalue weighted by atomic mass is 9.69. The minimum atomic E-state index is -5.70. The molecule has 2 N–H and O–H groups in total. The molecule has 12 rings (SSSR count). The van der Waals surface area contributed by atoms with Crippen LogP contribution in [0.5, 0.6) is 11.5 Å². The number of ether oxygens (including phenoxy) is 2. The van der Waals surface area contributed by atoms with Gasteiger partial charge in [-0.05, 0) is 159 Å². The van der Waals surface area contributed by atoms with Gasteiger partial charge in [-0.2, -0.15) is 26.3 Å². The van der Waals surface area contributed by atoms with E-state index in [2.05, 4.69) is 61.8 Å². The van der Waals surface area contributed by atoms with E-state index in [0.29, 0.717) is 77.1 Å². The molecule has 4 aromatic carbocycles. The number of halogens is 6. The second-order valence-electron chi connectivity index (χ2n) is 25.5. The molecule has 2 atom stereocenters. The van der Waals surface area contributed by atoms with Crippen molar-refractivity contribution in [3.05, 3.63) is 259 Å². The normalized spacial score (nSPS) is 24.8. The molecule has 0 unspecified atom stereocenters.